The highest BCUT2D eigenvalue weighted by Crippen LogP contribution is 2.03. The van der Waals surface area contributed by atoms with Gasteiger partial charge in [-0.1, -0.05) is 0 Å². The maximum Gasteiger partial charge on any atom is 0.326 e. The molecule has 0 aliphatic rings. The van der Waals surface area contributed by atoms with Gasteiger partial charge in [-0.15, -0.1) is 0 Å². The van der Waals surface area contributed by atoms with Crippen LogP contribution in [-0.4, -0.2) is 49.3 Å². The first-order valence-corrected chi connectivity index (χ1v) is 6.02. The number of rotatable bonds is 9. The van der Waals surface area contributed by atoms with Crippen molar-refractivity contribution in [2.45, 2.75) is 44.8 Å². The van der Waals surface area contributed by atoms with Crippen LogP contribution in [0.4, 0.5) is 0 Å². The van der Waals surface area contributed by atoms with Gasteiger partial charge in [-0.25, -0.2) is 4.79 Å². The molecule has 0 saturated carbocycles. The highest BCUT2D eigenvalue weighted by Gasteiger charge is 2.21. The number of methoxy groups -OCH3 is 2. The van der Waals surface area contributed by atoms with Crippen molar-refractivity contribution >= 4 is 17.8 Å². The number of aliphatic carboxylic acids is 1. The molecule has 0 spiro atoms. The van der Waals surface area contributed by atoms with E-state index in [1.54, 1.807) is 7.11 Å². The Balaban J connectivity index is 4.15. The number of carboxylic acid groups (broad SMARTS) is 1. The van der Waals surface area contributed by atoms with Gasteiger partial charge < -0.3 is 19.9 Å². The van der Waals surface area contributed by atoms with Crippen molar-refractivity contribution in [3.63, 3.8) is 0 Å². The molecule has 7 heteroatoms. The lowest BCUT2D eigenvalue weighted by Gasteiger charge is -2.15. The Morgan fingerprint density at radius 2 is 1.79 bits per heavy atom. The number of nitrogens with one attached hydrogen (secondary N) is 1. The Morgan fingerprint density at radius 3 is 2.26 bits per heavy atom. The molecule has 19 heavy (non-hydrogen) atoms. The van der Waals surface area contributed by atoms with Crippen molar-refractivity contribution in [2.24, 2.45) is 0 Å². The number of hydrogen-bond acceptors (Lipinski definition) is 5. The minimum atomic E-state index is -1.17. The Bertz CT molecular complexity index is 317. The second kappa shape index (κ2) is 9.32. The highest BCUT2D eigenvalue weighted by atomic mass is 16.5. The Morgan fingerprint density at radius 1 is 1.16 bits per heavy atom. The average molecular weight is 275 g/mol. The fourth-order valence-electron chi connectivity index (χ4n) is 1.34. The minimum Gasteiger partial charge on any atom is -0.480 e. The molecule has 0 bridgehead atoms. The predicted molar refractivity (Wildman–Crippen MR) is 66.5 cm³/mol. The van der Waals surface area contributed by atoms with E-state index in [1.165, 1.54) is 7.11 Å². The maximum atomic E-state index is 11.5. The smallest absolute Gasteiger partial charge is 0.326 e. The standard InChI is InChI=1S/C12H21NO6/c1-8(18-2)4-6-10(14)13-9(12(16)17)5-7-11(15)19-3/h8-9H,4-7H2,1-3H3,(H,13,14)(H,16,17)/t8?,9-/m0/s1. The molecule has 0 aromatic heterocycles. The van der Waals surface area contributed by atoms with Crippen LogP contribution in [-0.2, 0) is 23.9 Å². The molecule has 0 radical (unpaired) electrons. The summed E-state index contributed by atoms with van der Waals surface area (Å²) in [5.74, 6) is -2.05. The van der Waals surface area contributed by atoms with Gasteiger partial charge in [-0.2, -0.15) is 0 Å². The van der Waals surface area contributed by atoms with Gasteiger partial charge in [0, 0.05) is 20.0 Å². The molecule has 0 aromatic carbocycles. The first-order chi connectivity index (χ1) is 8.90. The van der Waals surface area contributed by atoms with E-state index in [1.807, 2.05) is 6.92 Å². The maximum absolute atomic E-state index is 11.5. The third-order valence-electron chi connectivity index (χ3n) is 2.68. The van der Waals surface area contributed by atoms with Crippen LogP contribution < -0.4 is 5.32 Å². The molecule has 0 aliphatic carbocycles. The van der Waals surface area contributed by atoms with Crippen LogP contribution in [0.3, 0.4) is 0 Å². The number of carbonyl (C=O) groups is 3. The molecule has 0 saturated heterocycles. The zero-order valence-electron chi connectivity index (χ0n) is 11.5. The molecule has 0 fully saturated rings. The van der Waals surface area contributed by atoms with Crippen molar-refractivity contribution in [2.75, 3.05) is 14.2 Å². The highest BCUT2D eigenvalue weighted by molar-refractivity contribution is 5.84. The molecule has 2 atom stereocenters. The zero-order chi connectivity index (χ0) is 14.8. The van der Waals surface area contributed by atoms with Gasteiger partial charge in [0.1, 0.15) is 6.04 Å². The molecule has 7 nitrogen and oxygen atoms in total. The molecule has 1 amide bonds. The lowest BCUT2D eigenvalue weighted by Crippen LogP contribution is -2.41. The van der Waals surface area contributed by atoms with Crippen LogP contribution in [0.25, 0.3) is 0 Å². The quantitative estimate of drug-likeness (QED) is 0.588. The second-order valence-electron chi connectivity index (χ2n) is 4.16. The van der Waals surface area contributed by atoms with Crippen LogP contribution in [0.1, 0.15) is 32.6 Å². The zero-order valence-corrected chi connectivity index (χ0v) is 11.5. The second-order valence-corrected chi connectivity index (χ2v) is 4.16. The molecule has 2 N–H and O–H groups in total. The van der Waals surface area contributed by atoms with Gasteiger partial charge >= 0.3 is 11.9 Å². The third-order valence-corrected chi connectivity index (χ3v) is 2.68. The Labute approximate surface area is 112 Å². The van der Waals surface area contributed by atoms with Crippen LogP contribution >= 0.6 is 0 Å². The summed E-state index contributed by atoms with van der Waals surface area (Å²) in [5.41, 5.74) is 0. The number of esters is 1. The van der Waals surface area contributed by atoms with E-state index in [0.29, 0.717) is 6.42 Å². The van der Waals surface area contributed by atoms with Crippen molar-refractivity contribution in [3.05, 3.63) is 0 Å². The van der Waals surface area contributed by atoms with Crippen LogP contribution in [0.2, 0.25) is 0 Å². The van der Waals surface area contributed by atoms with Crippen molar-refractivity contribution in [1.29, 1.82) is 0 Å². The number of amides is 1. The third kappa shape index (κ3) is 8.15. The van der Waals surface area contributed by atoms with Crippen molar-refractivity contribution in [3.8, 4) is 0 Å². The van der Waals surface area contributed by atoms with E-state index in [2.05, 4.69) is 10.1 Å². The van der Waals surface area contributed by atoms with Crippen molar-refractivity contribution in [1.82, 2.24) is 5.32 Å². The number of carboxylic acids is 1. The van der Waals surface area contributed by atoms with Gasteiger partial charge in [0.15, 0.2) is 0 Å². The number of carbonyl (C=O) groups excluding carboxylic acids is 2. The first-order valence-electron chi connectivity index (χ1n) is 6.02. The summed E-state index contributed by atoms with van der Waals surface area (Å²) in [4.78, 5) is 33.4. The van der Waals surface area contributed by atoms with Gasteiger partial charge in [-0.05, 0) is 19.8 Å². The first kappa shape index (κ1) is 17.4. The number of hydrogen-bond donors (Lipinski definition) is 2. The molecule has 0 aliphatic heterocycles. The monoisotopic (exact) mass is 275 g/mol. The Hall–Kier alpha value is -1.63. The number of ether oxygens (including phenoxy) is 2. The van der Waals surface area contributed by atoms with Crippen LogP contribution in [0, 0.1) is 0 Å². The summed E-state index contributed by atoms with van der Waals surface area (Å²) >= 11 is 0. The fraction of sp³-hybridized carbons (Fsp3) is 0.750. The molecule has 110 valence electrons. The van der Waals surface area contributed by atoms with Gasteiger partial charge in [0.25, 0.3) is 0 Å². The van der Waals surface area contributed by atoms with Gasteiger partial charge in [0.2, 0.25) is 5.91 Å². The lowest BCUT2D eigenvalue weighted by molar-refractivity contribution is -0.144. The van der Waals surface area contributed by atoms with E-state index >= 15 is 0 Å². The van der Waals surface area contributed by atoms with E-state index < -0.39 is 18.0 Å². The van der Waals surface area contributed by atoms with Crippen LogP contribution in [0.5, 0.6) is 0 Å². The van der Waals surface area contributed by atoms with Gasteiger partial charge in [0.05, 0.1) is 13.2 Å². The predicted octanol–water partition coefficient (Wildman–Crippen LogP) is 0.324. The van der Waals surface area contributed by atoms with Crippen molar-refractivity contribution < 1.29 is 29.0 Å². The van der Waals surface area contributed by atoms with E-state index in [-0.39, 0.29) is 31.3 Å². The van der Waals surface area contributed by atoms with Gasteiger partial charge in [-0.3, -0.25) is 9.59 Å². The topological polar surface area (TPSA) is 102 Å². The minimum absolute atomic E-state index is 0.00752. The lowest BCUT2D eigenvalue weighted by atomic mass is 10.1. The molecule has 0 heterocycles. The van der Waals surface area contributed by atoms with E-state index in [0.717, 1.165) is 0 Å². The Kier molecular flexibility index (Phi) is 8.52. The molecular weight excluding hydrogens is 254 g/mol. The molecule has 0 rings (SSSR count). The summed E-state index contributed by atoms with van der Waals surface area (Å²) < 4.78 is 9.41. The largest absolute Gasteiger partial charge is 0.480 e. The van der Waals surface area contributed by atoms with Crippen LogP contribution in [0.15, 0.2) is 0 Å². The summed E-state index contributed by atoms with van der Waals surface area (Å²) in [6, 6.07) is -1.08. The van der Waals surface area contributed by atoms with E-state index in [4.69, 9.17) is 9.84 Å². The average Bonchev–Trinajstić information content (AvgIpc) is 2.39. The normalized spacial score (nSPS) is 13.4. The molecular formula is C12H21NO6. The van der Waals surface area contributed by atoms with E-state index in [9.17, 15) is 14.4 Å². The summed E-state index contributed by atoms with van der Waals surface area (Å²) in [7, 11) is 2.77. The SMILES string of the molecule is COC(=O)CC[C@H](NC(=O)CCC(C)OC)C(=O)O. The molecule has 1 unspecified atom stereocenters. The molecule has 0 aromatic rings. The summed E-state index contributed by atoms with van der Waals surface area (Å²) in [5, 5.41) is 11.3. The fourth-order valence-corrected chi connectivity index (χ4v) is 1.34. The summed E-state index contributed by atoms with van der Waals surface area (Å²) in [6.07, 6.45) is 0.572. The summed E-state index contributed by atoms with van der Waals surface area (Å²) in [6.45, 7) is 1.82.